The summed E-state index contributed by atoms with van der Waals surface area (Å²) in [6, 6.07) is 1.43. The van der Waals surface area contributed by atoms with Crippen LogP contribution >= 0.6 is 0 Å². The van der Waals surface area contributed by atoms with Crippen LogP contribution in [0, 0.1) is 10.1 Å². The van der Waals surface area contributed by atoms with Gasteiger partial charge in [-0.1, -0.05) is 0 Å². The van der Waals surface area contributed by atoms with E-state index in [1.54, 1.807) is 0 Å². The number of pyridine rings is 1. The lowest BCUT2D eigenvalue weighted by atomic mass is 10.3. The molecule has 0 aliphatic heterocycles. The van der Waals surface area contributed by atoms with E-state index < -0.39 is 17.6 Å². The molecule has 0 aliphatic carbocycles. The van der Waals surface area contributed by atoms with Crippen molar-refractivity contribution in [2.45, 2.75) is 6.10 Å². The molecule has 1 aromatic rings. The second kappa shape index (κ2) is 5.23. The Morgan fingerprint density at radius 2 is 2.40 bits per heavy atom. The molecule has 0 aliphatic rings. The maximum absolute atomic E-state index is 10.5. The third kappa shape index (κ3) is 3.15. The van der Waals surface area contributed by atoms with E-state index in [9.17, 15) is 10.1 Å². The van der Waals surface area contributed by atoms with Crippen LogP contribution in [-0.2, 0) is 0 Å². The van der Waals surface area contributed by atoms with Gasteiger partial charge in [-0.15, -0.1) is 0 Å². The molecule has 7 heteroatoms. The van der Waals surface area contributed by atoms with Crippen molar-refractivity contribution < 1.29 is 15.1 Å². The predicted molar refractivity (Wildman–Crippen MR) is 52.5 cm³/mol. The minimum absolute atomic E-state index is 0.0430. The average molecular weight is 213 g/mol. The van der Waals surface area contributed by atoms with Crippen LogP contribution in [0.1, 0.15) is 0 Å². The van der Waals surface area contributed by atoms with Gasteiger partial charge in [0.15, 0.2) is 0 Å². The van der Waals surface area contributed by atoms with Crippen LogP contribution in [-0.4, -0.2) is 39.4 Å². The molecule has 1 unspecified atom stereocenters. The van der Waals surface area contributed by atoms with Gasteiger partial charge in [0.05, 0.1) is 17.6 Å². The topological polar surface area (TPSA) is 109 Å². The SMILES string of the molecule is O=[N+]([O-])c1cnccc1NCC(O)CO. The van der Waals surface area contributed by atoms with Gasteiger partial charge in [0.25, 0.3) is 0 Å². The number of aliphatic hydroxyl groups excluding tert-OH is 2. The molecule has 15 heavy (non-hydrogen) atoms. The van der Waals surface area contributed by atoms with Crippen molar-refractivity contribution in [2.24, 2.45) is 0 Å². The lowest BCUT2D eigenvalue weighted by molar-refractivity contribution is -0.384. The van der Waals surface area contributed by atoms with E-state index in [2.05, 4.69) is 10.3 Å². The van der Waals surface area contributed by atoms with Crippen molar-refractivity contribution in [1.82, 2.24) is 4.98 Å². The van der Waals surface area contributed by atoms with E-state index in [0.717, 1.165) is 6.20 Å². The van der Waals surface area contributed by atoms with Crippen molar-refractivity contribution in [3.63, 3.8) is 0 Å². The summed E-state index contributed by atoms with van der Waals surface area (Å²) < 4.78 is 0. The number of nitro groups is 1. The minimum atomic E-state index is -0.947. The average Bonchev–Trinajstić information content (AvgIpc) is 2.26. The molecular formula is C8H11N3O4. The van der Waals surface area contributed by atoms with Crippen LogP contribution in [0.15, 0.2) is 18.5 Å². The Hall–Kier alpha value is -1.73. The van der Waals surface area contributed by atoms with Crippen LogP contribution in [0.5, 0.6) is 0 Å². The zero-order chi connectivity index (χ0) is 11.3. The first-order valence-electron chi connectivity index (χ1n) is 4.26. The predicted octanol–water partition coefficient (Wildman–Crippen LogP) is -0.245. The van der Waals surface area contributed by atoms with Crippen molar-refractivity contribution in [1.29, 1.82) is 0 Å². The molecule has 1 heterocycles. The lowest BCUT2D eigenvalue weighted by Gasteiger charge is -2.09. The number of hydrogen-bond acceptors (Lipinski definition) is 6. The van der Waals surface area contributed by atoms with Crippen molar-refractivity contribution in [2.75, 3.05) is 18.5 Å². The molecule has 0 fully saturated rings. The maximum atomic E-state index is 10.5. The minimum Gasteiger partial charge on any atom is -0.394 e. The highest BCUT2D eigenvalue weighted by Gasteiger charge is 2.13. The molecule has 3 N–H and O–H groups in total. The largest absolute Gasteiger partial charge is 0.394 e. The Balaban J connectivity index is 2.72. The number of hydrogen-bond donors (Lipinski definition) is 3. The second-order valence-corrected chi connectivity index (χ2v) is 2.87. The fraction of sp³-hybridized carbons (Fsp3) is 0.375. The van der Waals surface area contributed by atoms with Crippen LogP contribution in [0.25, 0.3) is 0 Å². The summed E-state index contributed by atoms with van der Waals surface area (Å²) in [6.07, 6.45) is 1.58. The smallest absolute Gasteiger partial charge is 0.310 e. The van der Waals surface area contributed by atoms with E-state index in [1.807, 2.05) is 0 Å². The molecule has 0 saturated heterocycles. The Kier molecular flexibility index (Phi) is 3.95. The molecule has 0 aromatic carbocycles. The van der Waals surface area contributed by atoms with E-state index in [0.29, 0.717) is 0 Å². The molecule has 1 rings (SSSR count). The fourth-order valence-electron chi connectivity index (χ4n) is 0.973. The number of rotatable bonds is 5. The third-order valence-electron chi connectivity index (χ3n) is 1.74. The molecule has 1 aromatic heterocycles. The summed E-state index contributed by atoms with van der Waals surface area (Å²) in [5.74, 6) is 0. The van der Waals surface area contributed by atoms with E-state index in [4.69, 9.17) is 10.2 Å². The monoisotopic (exact) mass is 213 g/mol. The van der Waals surface area contributed by atoms with Crippen molar-refractivity contribution in [3.8, 4) is 0 Å². The van der Waals surface area contributed by atoms with Gasteiger partial charge in [-0.05, 0) is 6.07 Å². The highest BCUT2D eigenvalue weighted by Crippen LogP contribution is 2.21. The normalized spacial score (nSPS) is 12.1. The summed E-state index contributed by atoms with van der Waals surface area (Å²) >= 11 is 0. The van der Waals surface area contributed by atoms with Gasteiger partial charge in [-0.3, -0.25) is 15.1 Å². The number of nitrogens with one attached hydrogen (secondary N) is 1. The van der Waals surface area contributed by atoms with Gasteiger partial charge >= 0.3 is 5.69 Å². The second-order valence-electron chi connectivity index (χ2n) is 2.87. The van der Waals surface area contributed by atoms with E-state index in [1.165, 1.54) is 12.3 Å². The first-order valence-corrected chi connectivity index (χ1v) is 4.26. The molecule has 0 radical (unpaired) electrons. The van der Waals surface area contributed by atoms with Gasteiger partial charge < -0.3 is 15.5 Å². The zero-order valence-electron chi connectivity index (χ0n) is 7.83. The summed E-state index contributed by atoms with van der Waals surface area (Å²) in [5, 5.41) is 30.8. The zero-order valence-corrected chi connectivity index (χ0v) is 7.83. The molecule has 1 atom stereocenters. The number of aromatic nitrogens is 1. The van der Waals surface area contributed by atoms with Gasteiger partial charge in [0.2, 0.25) is 0 Å². The molecule has 0 saturated carbocycles. The summed E-state index contributed by atoms with van der Waals surface area (Å²) in [5.41, 5.74) is 0.102. The molecule has 0 amide bonds. The van der Waals surface area contributed by atoms with Gasteiger partial charge in [-0.25, -0.2) is 0 Å². The quantitative estimate of drug-likeness (QED) is 0.460. The van der Waals surface area contributed by atoms with E-state index in [-0.39, 0.29) is 17.9 Å². The lowest BCUT2D eigenvalue weighted by Crippen LogP contribution is -2.23. The standard InChI is InChI=1S/C8H11N3O4/c12-5-6(13)3-10-7-1-2-9-4-8(7)11(14)15/h1-2,4,6,12-13H,3,5H2,(H,9,10). The van der Waals surface area contributed by atoms with Gasteiger partial charge in [0, 0.05) is 12.7 Å². The van der Waals surface area contributed by atoms with E-state index >= 15 is 0 Å². The number of aliphatic hydroxyl groups is 2. The summed E-state index contributed by atoms with van der Waals surface area (Å²) in [7, 11) is 0. The Morgan fingerprint density at radius 1 is 1.67 bits per heavy atom. The highest BCUT2D eigenvalue weighted by atomic mass is 16.6. The third-order valence-corrected chi connectivity index (χ3v) is 1.74. The van der Waals surface area contributed by atoms with Crippen LogP contribution < -0.4 is 5.32 Å². The Labute approximate surface area is 85.5 Å². The Morgan fingerprint density at radius 3 is 3.00 bits per heavy atom. The first-order chi connectivity index (χ1) is 7.15. The summed E-state index contributed by atoms with van der Waals surface area (Å²) in [4.78, 5) is 13.6. The highest BCUT2D eigenvalue weighted by molar-refractivity contribution is 5.59. The molecule has 0 bridgehead atoms. The van der Waals surface area contributed by atoms with Crippen LogP contribution in [0.2, 0.25) is 0 Å². The van der Waals surface area contributed by atoms with Crippen molar-refractivity contribution >= 4 is 11.4 Å². The van der Waals surface area contributed by atoms with Crippen LogP contribution in [0.4, 0.5) is 11.4 Å². The molecule has 82 valence electrons. The maximum Gasteiger partial charge on any atom is 0.310 e. The molecule has 0 spiro atoms. The number of anilines is 1. The number of nitrogens with zero attached hydrogens (tertiary/aromatic N) is 2. The van der Waals surface area contributed by atoms with Crippen molar-refractivity contribution in [3.05, 3.63) is 28.6 Å². The fourth-order valence-corrected chi connectivity index (χ4v) is 0.973. The first kappa shape index (κ1) is 11.3. The molecular weight excluding hydrogens is 202 g/mol. The van der Waals surface area contributed by atoms with Gasteiger partial charge in [-0.2, -0.15) is 0 Å². The summed E-state index contributed by atoms with van der Waals surface area (Å²) in [6.45, 7) is -0.354. The molecule has 7 nitrogen and oxygen atoms in total. The van der Waals surface area contributed by atoms with Gasteiger partial charge in [0.1, 0.15) is 11.9 Å². The van der Waals surface area contributed by atoms with Crippen LogP contribution in [0.3, 0.4) is 0 Å². The Bertz CT molecular complexity index is 344.